The van der Waals surface area contributed by atoms with Gasteiger partial charge in [0.25, 0.3) is 0 Å². The Kier molecular flexibility index (Phi) is 4.54. The van der Waals surface area contributed by atoms with Crippen molar-refractivity contribution in [2.75, 3.05) is 49.6 Å². The Morgan fingerprint density at radius 1 is 0.900 bits per heavy atom. The summed E-state index contributed by atoms with van der Waals surface area (Å²) in [4.78, 5) is 21.2. The maximum Gasteiger partial charge on any atom is 0.451 e. The summed E-state index contributed by atoms with van der Waals surface area (Å²) in [5, 5.41) is 8.01. The van der Waals surface area contributed by atoms with Gasteiger partial charge in [0.15, 0.2) is 16.5 Å². The quantitative estimate of drug-likeness (QED) is 0.598. The number of hydrogen-bond donors (Lipinski definition) is 0. The van der Waals surface area contributed by atoms with Crippen molar-refractivity contribution in [3.05, 3.63) is 16.7 Å². The molecule has 2 aliphatic heterocycles. The third-order valence-corrected chi connectivity index (χ3v) is 6.29. The summed E-state index contributed by atoms with van der Waals surface area (Å²) in [5.74, 6) is 0.597. The molecule has 160 valence electrons. The number of halogens is 3. The molecule has 1 fully saturated rings. The van der Waals surface area contributed by atoms with Gasteiger partial charge in [0, 0.05) is 39.3 Å². The summed E-state index contributed by atoms with van der Waals surface area (Å²) >= 11 is 1.49. The Hall–Kier alpha value is -2.54. The minimum absolute atomic E-state index is 0.135. The number of piperazine rings is 1. The van der Waals surface area contributed by atoms with Gasteiger partial charge in [-0.1, -0.05) is 11.3 Å². The number of anilines is 2. The van der Waals surface area contributed by atoms with Crippen molar-refractivity contribution in [1.82, 2.24) is 34.6 Å². The first kappa shape index (κ1) is 19.4. The van der Waals surface area contributed by atoms with Gasteiger partial charge in [-0.2, -0.15) is 23.1 Å². The van der Waals surface area contributed by atoms with Crippen LogP contribution in [0.2, 0.25) is 0 Å². The molecule has 13 heteroatoms. The molecule has 0 unspecified atom stereocenters. The van der Waals surface area contributed by atoms with Gasteiger partial charge in [0.2, 0.25) is 11.8 Å². The molecule has 0 bridgehead atoms. The maximum absolute atomic E-state index is 13.2. The van der Waals surface area contributed by atoms with Gasteiger partial charge in [-0.3, -0.25) is 0 Å². The number of alkyl halides is 3. The van der Waals surface area contributed by atoms with Crippen molar-refractivity contribution >= 4 is 33.5 Å². The molecule has 0 N–H and O–H groups in total. The van der Waals surface area contributed by atoms with E-state index in [1.807, 2.05) is 11.8 Å². The molecule has 1 saturated heterocycles. The van der Waals surface area contributed by atoms with Crippen LogP contribution >= 0.6 is 11.3 Å². The Labute approximate surface area is 174 Å². The average Bonchev–Trinajstić information content (AvgIpc) is 3.29. The second-order valence-corrected chi connectivity index (χ2v) is 8.72. The molecule has 30 heavy (non-hydrogen) atoms. The number of nitrogens with zero attached hydrogens (tertiary/aromatic N) is 9. The smallest absolute Gasteiger partial charge is 0.345 e. The lowest BCUT2D eigenvalue weighted by Gasteiger charge is -2.33. The van der Waals surface area contributed by atoms with Crippen molar-refractivity contribution in [3.63, 3.8) is 0 Å². The molecule has 0 aliphatic carbocycles. The first-order valence-electron chi connectivity index (χ1n) is 9.62. The monoisotopic (exact) mass is 439 g/mol. The Morgan fingerprint density at radius 2 is 1.63 bits per heavy atom. The number of rotatable bonds is 2. The first-order chi connectivity index (χ1) is 14.3. The van der Waals surface area contributed by atoms with E-state index in [-0.39, 0.29) is 18.9 Å². The van der Waals surface area contributed by atoms with Crippen LogP contribution in [-0.2, 0) is 19.3 Å². The summed E-state index contributed by atoms with van der Waals surface area (Å²) in [5.41, 5.74) is 0.680. The van der Waals surface area contributed by atoms with Gasteiger partial charge in [0.05, 0.1) is 11.6 Å². The van der Waals surface area contributed by atoms with E-state index in [1.165, 1.54) is 11.3 Å². The standard InChI is InChI=1S/C17H20F3N9S/c1-10-21-12-13(22-16(23-14(12)30-10)27-5-3-26(2)4-6-27)28-7-8-29-11(9-28)24-25-15(29)17(18,19)20/h3-9H2,1-2H3. The number of thiazole rings is 1. The van der Waals surface area contributed by atoms with Gasteiger partial charge < -0.3 is 19.3 Å². The lowest BCUT2D eigenvalue weighted by Crippen LogP contribution is -2.45. The molecule has 5 heterocycles. The number of aryl methyl sites for hydroxylation is 1. The third-order valence-electron chi connectivity index (χ3n) is 5.43. The minimum atomic E-state index is -4.52. The number of hydrogen-bond acceptors (Lipinski definition) is 9. The predicted molar refractivity (Wildman–Crippen MR) is 106 cm³/mol. The lowest BCUT2D eigenvalue weighted by atomic mass is 10.3. The molecular formula is C17H20F3N9S. The fourth-order valence-electron chi connectivity index (χ4n) is 3.82. The summed E-state index contributed by atoms with van der Waals surface area (Å²) in [6.45, 7) is 6.08. The van der Waals surface area contributed by atoms with Crippen molar-refractivity contribution in [2.45, 2.75) is 26.2 Å². The molecular weight excluding hydrogens is 419 g/mol. The molecule has 3 aromatic heterocycles. The summed E-state index contributed by atoms with van der Waals surface area (Å²) in [7, 11) is 2.08. The van der Waals surface area contributed by atoms with Crippen LogP contribution in [-0.4, -0.2) is 74.4 Å². The number of aromatic nitrogens is 6. The van der Waals surface area contributed by atoms with E-state index in [2.05, 4.69) is 32.0 Å². The van der Waals surface area contributed by atoms with Crippen LogP contribution in [0.4, 0.5) is 24.9 Å². The number of fused-ring (bicyclic) bond motifs is 2. The molecule has 3 aromatic rings. The van der Waals surface area contributed by atoms with E-state index in [9.17, 15) is 13.2 Å². The van der Waals surface area contributed by atoms with Crippen LogP contribution in [0.3, 0.4) is 0 Å². The van der Waals surface area contributed by atoms with Gasteiger partial charge >= 0.3 is 6.18 Å². The van der Waals surface area contributed by atoms with Crippen molar-refractivity contribution in [3.8, 4) is 0 Å². The highest BCUT2D eigenvalue weighted by Crippen LogP contribution is 2.34. The van der Waals surface area contributed by atoms with E-state index >= 15 is 0 Å². The van der Waals surface area contributed by atoms with Crippen molar-refractivity contribution < 1.29 is 13.2 Å². The highest BCUT2D eigenvalue weighted by molar-refractivity contribution is 7.18. The zero-order valence-electron chi connectivity index (χ0n) is 16.5. The summed E-state index contributed by atoms with van der Waals surface area (Å²) in [6, 6.07) is 0. The first-order valence-corrected chi connectivity index (χ1v) is 10.4. The van der Waals surface area contributed by atoms with Crippen molar-refractivity contribution in [1.29, 1.82) is 0 Å². The Balaban J connectivity index is 1.51. The molecule has 0 aromatic carbocycles. The average molecular weight is 439 g/mol. The van der Waals surface area contributed by atoms with Gasteiger partial charge in [0.1, 0.15) is 5.52 Å². The Morgan fingerprint density at radius 3 is 2.37 bits per heavy atom. The lowest BCUT2D eigenvalue weighted by molar-refractivity contribution is -0.147. The molecule has 0 amide bonds. The van der Waals surface area contributed by atoms with Gasteiger partial charge in [-0.05, 0) is 14.0 Å². The normalized spacial score (nSPS) is 18.3. The predicted octanol–water partition coefficient (Wildman–Crippen LogP) is 1.78. The van der Waals surface area contributed by atoms with Crippen LogP contribution in [0.5, 0.6) is 0 Å². The van der Waals surface area contributed by atoms with Crippen LogP contribution in [0, 0.1) is 6.92 Å². The van der Waals surface area contributed by atoms with E-state index in [0.29, 0.717) is 23.8 Å². The molecule has 0 radical (unpaired) electrons. The maximum atomic E-state index is 13.2. The van der Waals surface area contributed by atoms with Crippen LogP contribution in [0.1, 0.15) is 16.7 Å². The fourth-order valence-corrected chi connectivity index (χ4v) is 4.60. The zero-order valence-corrected chi connectivity index (χ0v) is 17.3. The summed E-state index contributed by atoms with van der Waals surface area (Å²) < 4.78 is 40.6. The fraction of sp³-hybridized carbons (Fsp3) is 0.588. The second kappa shape index (κ2) is 7.01. The molecule has 9 nitrogen and oxygen atoms in total. The zero-order chi connectivity index (χ0) is 21.0. The number of likely N-dealkylation sites (N-methyl/N-ethyl adjacent to an activating group) is 1. The topological polar surface area (TPSA) is 79.1 Å². The summed E-state index contributed by atoms with van der Waals surface area (Å²) in [6.07, 6.45) is -4.52. The highest BCUT2D eigenvalue weighted by Gasteiger charge is 2.40. The molecule has 0 spiro atoms. The van der Waals surface area contributed by atoms with Crippen LogP contribution < -0.4 is 9.80 Å². The van der Waals surface area contributed by atoms with Gasteiger partial charge in [-0.25, -0.2) is 4.98 Å². The molecule has 2 aliphatic rings. The van der Waals surface area contributed by atoms with E-state index in [0.717, 1.165) is 40.6 Å². The molecule has 0 atom stereocenters. The van der Waals surface area contributed by atoms with E-state index in [1.54, 1.807) is 0 Å². The van der Waals surface area contributed by atoms with Crippen LogP contribution in [0.15, 0.2) is 0 Å². The second-order valence-electron chi connectivity index (χ2n) is 7.53. The molecule has 5 rings (SSSR count). The largest absolute Gasteiger partial charge is 0.451 e. The van der Waals surface area contributed by atoms with Gasteiger partial charge in [-0.15, -0.1) is 10.2 Å². The van der Waals surface area contributed by atoms with Crippen molar-refractivity contribution in [2.24, 2.45) is 0 Å². The molecule has 0 saturated carbocycles. The minimum Gasteiger partial charge on any atom is -0.345 e. The highest BCUT2D eigenvalue weighted by atomic mass is 32.1. The van der Waals surface area contributed by atoms with Crippen LogP contribution in [0.25, 0.3) is 10.3 Å². The Bertz CT molecular complexity index is 1080. The SMILES string of the molecule is Cc1nc2c(N3CCn4c(nnc4C(F)(F)F)C3)nc(N3CCN(C)CC3)nc2s1. The third kappa shape index (κ3) is 3.35. The van der Waals surface area contributed by atoms with E-state index < -0.39 is 12.0 Å². The van der Waals surface area contributed by atoms with E-state index in [4.69, 9.17) is 9.97 Å².